The number of hydrogen-bond donors (Lipinski definition) is 2. The van der Waals surface area contributed by atoms with Gasteiger partial charge < -0.3 is 15.4 Å². The Hall–Kier alpha value is -1.26. The van der Waals surface area contributed by atoms with Gasteiger partial charge in [0.2, 0.25) is 0 Å². The molecule has 0 bridgehead atoms. The van der Waals surface area contributed by atoms with Crippen LogP contribution in [0.25, 0.3) is 0 Å². The van der Waals surface area contributed by atoms with Crippen molar-refractivity contribution in [3.8, 4) is 5.75 Å². The van der Waals surface area contributed by atoms with Crippen LogP contribution in [0.2, 0.25) is 5.02 Å². The summed E-state index contributed by atoms with van der Waals surface area (Å²) in [6.07, 6.45) is 2.19. The number of nitrogens with one attached hydrogen (secondary N) is 1. The van der Waals surface area contributed by atoms with Gasteiger partial charge in [-0.1, -0.05) is 11.6 Å². The SMILES string of the molecule is CN1CCC(Oc2ccc(Cl)cc2C(=N)N)CC1. The molecule has 1 aliphatic rings. The molecule has 5 heteroatoms. The van der Waals surface area contributed by atoms with Gasteiger partial charge >= 0.3 is 0 Å². The van der Waals surface area contributed by atoms with Crippen LogP contribution in [0.5, 0.6) is 5.75 Å². The van der Waals surface area contributed by atoms with E-state index in [1.54, 1.807) is 18.2 Å². The summed E-state index contributed by atoms with van der Waals surface area (Å²) in [4.78, 5) is 2.29. The van der Waals surface area contributed by atoms with Crippen LogP contribution < -0.4 is 10.5 Å². The molecule has 1 saturated heterocycles. The molecule has 0 radical (unpaired) electrons. The quantitative estimate of drug-likeness (QED) is 0.651. The molecule has 0 atom stereocenters. The highest BCUT2D eigenvalue weighted by Crippen LogP contribution is 2.25. The highest BCUT2D eigenvalue weighted by Gasteiger charge is 2.19. The van der Waals surface area contributed by atoms with Crippen LogP contribution in [-0.4, -0.2) is 37.0 Å². The Labute approximate surface area is 112 Å². The summed E-state index contributed by atoms with van der Waals surface area (Å²) in [5.41, 5.74) is 6.12. The van der Waals surface area contributed by atoms with Gasteiger partial charge in [-0.3, -0.25) is 5.41 Å². The van der Waals surface area contributed by atoms with Crippen LogP contribution >= 0.6 is 11.6 Å². The monoisotopic (exact) mass is 267 g/mol. The summed E-state index contributed by atoms with van der Waals surface area (Å²) in [5, 5.41) is 8.12. The number of likely N-dealkylation sites (tertiary alicyclic amines) is 1. The average molecular weight is 268 g/mol. The molecule has 1 fully saturated rings. The van der Waals surface area contributed by atoms with E-state index in [-0.39, 0.29) is 11.9 Å². The Morgan fingerprint density at radius 2 is 2.11 bits per heavy atom. The molecule has 0 spiro atoms. The van der Waals surface area contributed by atoms with Gasteiger partial charge in [-0.2, -0.15) is 0 Å². The van der Waals surface area contributed by atoms with E-state index >= 15 is 0 Å². The molecule has 0 unspecified atom stereocenters. The Balaban J connectivity index is 2.11. The van der Waals surface area contributed by atoms with Crippen molar-refractivity contribution in [3.05, 3.63) is 28.8 Å². The Morgan fingerprint density at radius 3 is 2.72 bits per heavy atom. The van der Waals surface area contributed by atoms with E-state index in [1.807, 2.05) is 0 Å². The zero-order valence-electron chi connectivity index (χ0n) is 10.4. The molecule has 18 heavy (non-hydrogen) atoms. The summed E-state index contributed by atoms with van der Waals surface area (Å²) < 4.78 is 5.94. The second-order valence-electron chi connectivity index (χ2n) is 4.67. The molecular formula is C13H18ClN3O. The number of nitrogens with zero attached hydrogens (tertiary/aromatic N) is 1. The molecule has 0 aliphatic carbocycles. The predicted molar refractivity (Wildman–Crippen MR) is 73.6 cm³/mol. The molecule has 0 amide bonds. The van der Waals surface area contributed by atoms with Gasteiger partial charge in [0.1, 0.15) is 17.7 Å². The fourth-order valence-corrected chi connectivity index (χ4v) is 2.27. The number of nitrogens with two attached hydrogens (primary N) is 1. The highest BCUT2D eigenvalue weighted by atomic mass is 35.5. The lowest BCUT2D eigenvalue weighted by Gasteiger charge is -2.29. The zero-order valence-corrected chi connectivity index (χ0v) is 11.2. The normalized spacial score (nSPS) is 17.7. The second-order valence-corrected chi connectivity index (χ2v) is 5.11. The number of hydrogen-bond acceptors (Lipinski definition) is 3. The first-order valence-corrected chi connectivity index (χ1v) is 6.43. The van der Waals surface area contributed by atoms with E-state index in [0.29, 0.717) is 16.3 Å². The molecular weight excluding hydrogens is 250 g/mol. The van der Waals surface area contributed by atoms with Gasteiger partial charge in [0.25, 0.3) is 0 Å². The lowest BCUT2D eigenvalue weighted by molar-refractivity contribution is 0.114. The lowest BCUT2D eigenvalue weighted by Crippen LogP contribution is -2.36. The third-order valence-corrected chi connectivity index (χ3v) is 3.43. The minimum absolute atomic E-state index is 0.0135. The van der Waals surface area contributed by atoms with E-state index in [2.05, 4.69) is 11.9 Å². The van der Waals surface area contributed by atoms with Gasteiger partial charge in [-0.05, 0) is 38.1 Å². The van der Waals surface area contributed by atoms with Crippen LogP contribution in [0.1, 0.15) is 18.4 Å². The number of benzene rings is 1. The number of rotatable bonds is 3. The number of nitrogen functional groups attached to an aromatic ring is 1. The largest absolute Gasteiger partial charge is 0.490 e. The molecule has 1 heterocycles. The van der Waals surface area contributed by atoms with Gasteiger partial charge in [0.05, 0.1) is 5.56 Å². The number of ether oxygens (including phenoxy) is 1. The number of halogens is 1. The van der Waals surface area contributed by atoms with E-state index in [9.17, 15) is 0 Å². The van der Waals surface area contributed by atoms with Gasteiger partial charge in [-0.25, -0.2) is 0 Å². The smallest absolute Gasteiger partial charge is 0.130 e. The Kier molecular flexibility index (Phi) is 4.09. The molecule has 1 aromatic rings. The first-order valence-electron chi connectivity index (χ1n) is 6.05. The van der Waals surface area contributed by atoms with Gasteiger partial charge in [0.15, 0.2) is 0 Å². The van der Waals surface area contributed by atoms with E-state index in [0.717, 1.165) is 25.9 Å². The number of piperidine rings is 1. The molecule has 1 aromatic carbocycles. The summed E-state index contributed by atoms with van der Waals surface area (Å²) in [6.45, 7) is 2.07. The first-order chi connectivity index (χ1) is 8.56. The predicted octanol–water partition coefficient (Wildman–Crippen LogP) is 2.10. The summed E-state index contributed by atoms with van der Waals surface area (Å²) in [5.74, 6) is 0.641. The standard InChI is InChI=1S/C13H18ClN3O/c1-17-6-4-10(5-7-17)18-12-3-2-9(14)8-11(12)13(15)16/h2-3,8,10H,4-7H2,1H3,(H3,15,16). The van der Waals surface area contributed by atoms with E-state index in [4.69, 9.17) is 27.5 Å². The molecule has 98 valence electrons. The molecule has 3 N–H and O–H groups in total. The fourth-order valence-electron chi connectivity index (χ4n) is 2.10. The molecule has 4 nitrogen and oxygen atoms in total. The van der Waals surface area contributed by atoms with Crippen molar-refractivity contribution in [2.24, 2.45) is 5.73 Å². The second kappa shape index (κ2) is 5.59. The minimum Gasteiger partial charge on any atom is -0.490 e. The summed E-state index contributed by atoms with van der Waals surface area (Å²) in [6, 6.07) is 5.23. The summed E-state index contributed by atoms with van der Waals surface area (Å²) in [7, 11) is 2.11. The van der Waals surface area contributed by atoms with Crippen molar-refractivity contribution in [1.29, 1.82) is 5.41 Å². The van der Waals surface area contributed by atoms with Crippen LogP contribution in [-0.2, 0) is 0 Å². The van der Waals surface area contributed by atoms with Gasteiger partial charge in [-0.15, -0.1) is 0 Å². The van der Waals surface area contributed by atoms with Crippen LogP contribution in [0.4, 0.5) is 0 Å². The van der Waals surface area contributed by atoms with Crippen molar-refractivity contribution in [3.63, 3.8) is 0 Å². The molecule has 0 saturated carbocycles. The highest BCUT2D eigenvalue weighted by molar-refractivity contribution is 6.31. The zero-order chi connectivity index (χ0) is 13.1. The molecule has 1 aliphatic heterocycles. The van der Waals surface area contributed by atoms with Crippen molar-refractivity contribution >= 4 is 17.4 Å². The summed E-state index contributed by atoms with van der Waals surface area (Å²) >= 11 is 5.91. The molecule has 0 aromatic heterocycles. The maximum atomic E-state index is 7.55. The number of amidine groups is 1. The average Bonchev–Trinajstić information content (AvgIpc) is 2.34. The first kappa shape index (κ1) is 13.2. The third-order valence-electron chi connectivity index (χ3n) is 3.19. The van der Waals surface area contributed by atoms with Crippen LogP contribution in [0, 0.1) is 5.41 Å². The van der Waals surface area contributed by atoms with Crippen molar-refractivity contribution in [1.82, 2.24) is 4.90 Å². The van der Waals surface area contributed by atoms with Gasteiger partial charge in [0, 0.05) is 18.1 Å². The Morgan fingerprint density at radius 1 is 1.44 bits per heavy atom. The fraction of sp³-hybridized carbons (Fsp3) is 0.462. The Bertz CT molecular complexity index is 442. The van der Waals surface area contributed by atoms with E-state index < -0.39 is 0 Å². The van der Waals surface area contributed by atoms with Crippen LogP contribution in [0.3, 0.4) is 0 Å². The van der Waals surface area contributed by atoms with Crippen molar-refractivity contribution < 1.29 is 4.74 Å². The maximum absolute atomic E-state index is 7.55. The molecule has 2 rings (SSSR count). The van der Waals surface area contributed by atoms with E-state index in [1.165, 1.54) is 0 Å². The minimum atomic E-state index is -0.0135. The lowest BCUT2D eigenvalue weighted by atomic mass is 10.1. The topological polar surface area (TPSA) is 62.3 Å². The van der Waals surface area contributed by atoms with Crippen molar-refractivity contribution in [2.45, 2.75) is 18.9 Å². The third kappa shape index (κ3) is 3.15. The van der Waals surface area contributed by atoms with Crippen molar-refractivity contribution in [2.75, 3.05) is 20.1 Å². The maximum Gasteiger partial charge on any atom is 0.130 e. The van der Waals surface area contributed by atoms with Crippen LogP contribution in [0.15, 0.2) is 18.2 Å².